The van der Waals surface area contributed by atoms with Crippen LogP contribution in [0.15, 0.2) is 91.0 Å². The number of ether oxygens (including phenoxy) is 3. The van der Waals surface area contributed by atoms with Gasteiger partial charge in [-0.25, -0.2) is 14.4 Å². The largest absolute Gasteiger partial charge is 0.457 e. The van der Waals surface area contributed by atoms with E-state index in [-0.39, 0.29) is 36.5 Å². The second-order valence-corrected chi connectivity index (χ2v) is 9.11. The Morgan fingerprint density at radius 2 is 0.667 bits per heavy atom. The Kier molecular flexibility index (Phi) is 9.82. The molecule has 0 saturated heterocycles. The van der Waals surface area contributed by atoms with Gasteiger partial charge in [-0.1, -0.05) is 36.4 Å². The van der Waals surface area contributed by atoms with Gasteiger partial charge in [0.1, 0.15) is 38.7 Å². The smallest absolute Gasteiger partial charge is 0.338 e. The Bertz CT molecular complexity index is 1400. The number of benzene rings is 4. The summed E-state index contributed by atoms with van der Waals surface area (Å²) in [6, 6.07) is 23.0. The van der Waals surface area contributed by atoms with E-state index in [1.807, 2.05) is 0 Å². The summed E-state index contributed by atoms with van der Waals surface area (Å²) in [6.45, 7) is -0.383. The molecule has 210 valence electrons. The summed E-state index contributed by atoms with van der Waals surface area (Å²) in [5.74, 6) is -1.81. The zero-order valence-corrected chi connectivity index (χ0v) is 22.2. The van der Waals surface area contributed by atoms with Gasteiger partial charge in [-0.3, -0.25) is 14.4 Å². The molecule has 0 aliphatic rings. The molecule has 0 fully saturated rings. The molecular weight excluding hydrogens is 540 g/mol. The van der Waals surface area contributed by atoms with Crippen LogP contribution in [0, 0.1) is 0 Å². The van der Waals surface area contributed by atoms with Crippen LogP contribution in [-0.2, 0) is 34.0 Å². The number of carbonyl (C=O) groups excluding carboxylic acids is 6. The van der Waals surface area contributed by atoms with E-state index in [9.17, 15) is 28.8 Å². The van der Waals surface area contributed by atoms with Gasteiger partial charge in [0.05, 0.1) is 16.7 Å². The highest BCUT2D eigenvalue weighted by Gasteiger charge is 2.13. The first-order valence-corrected chi connectivity index (χ1v) is 12.7. The highest BCUT2D eigenvalue weighted by atomic mass is 16.5. The Morgan fingerprint density at radius 1 is 0.429 bits per heavy atom. The Morgan fingerprint density at radius 3 is 0.881 bits per heavy atom. The van der Waals surface area contributed by atoms with Gasteiger partial charge in [-0.2, -0.15) is 0 Å². The molecule has 0 aromatic heterocycles. The summed E-state index contributed by atoms with van der Waals surface area (Å²) in [6.07, 6.45) is 2.01. The van der Waals surface area contributed by atoms with Gasteiger partial charge in [0, 0.05) is 16.7 Å². The first kappa shape index (κ1) is 29.3. The van der Waals surface area contributed by atoms with Crippen molar-refractivity contribution >= 4 is 36.8 Å². The molecule has 0 heterocycles. The normalized spacial score (nSPS) is 10.3. The van der Waals surface area contributed by atoms with Crippen LogP contribution in [0.5, 0.6) is 0 Å². The van der Waals surface area contributed by atoms with Crippen molar-refractivity contribution < 1.29 is 43.0 Å². The minimum absolute atomic E-state index is 0.128. The van der Waals surface area contributed by atoms with Gasteiger partial charge in [0.25, 0.3) is 0 Å². The van der Waals surface area contributed by atoms with E-state index in [1.165, 1.54) is 72.8 Å². The third kappa shape index (κ3) is 7.92. The molecule has 9 heteroatoms. The average Bonchev–Trinajstić information content (AvgIpc) is 3.05. The molecule has 0 atom stereocenters. The molecule has 0 aliphatic carbocycles. The molecule has 0 radical (unpaired) electrons. The van der Waals surface area contributed by atoms with Gasteiger partial charge in [-0.05, 0) is 71.3 Å². The first-order chi connectivity index (χ1) is 20.4. The standard InChI is InChI=1S/C33H24O9/c34-16-22-1-7-28(8-2-22)31(37)40-19-25-13-26(20-41-32(38)29-9-3-23(17-35)4-10-29)15-27(14-25)21-42-33(39)30-11-5-24(18-36)6-12-30/h1-18H,19-21H2. The fourth-order valence-corrected chi connectivity index (χ4v) is 3.88. The van der Waals surface area contributed by atoms with E-state index in [0.29, 0.717) is 52.2 Å². The summed E-state index contributed by atoms with van der Waals surface area (Å²) in [5, 5.41) is 0. The second-order valence-electron chi connectivity index (χ2n) is 9.11. The molecule has 4 aromatic rings. The highest BCUT2D eigenvalue weighted by molar-refractivity contribution is 5.91. The van der Waals surface area contributed by atoms with Crippen LogP contribution in [0.2, 0.25) is 0 Å². The van der Waals surface area contributed by atoms with Crippen molar-refractivity contribution in [1.29, 1.82) is 0 Å². The van der Waals surface area contributed by atoms with Crippen LogP contribution in [0.1, 0.15) is 78.8 Å². The minimum Gasteiger partial charge on any atom is -0.457 e. The van der Waals surface area contributed by atoms with E-state index in [1.54, 1.807) is 18.2 Å². The van der Waals surface area contributed by atoms with Crippen molar-refractivity contribution in [2.45, 2.75) is 19.8 Å². The summed E-state index contributed by atoms with van der Waals surface area (Å²) < 4.78 is 16.3. The van der Waals surface area contributed by atoms with Crippen molar-refractivity contribution in [3.8, 4) is 0 Å². The van der Waals surface area contributed by atoms with Crippen LogP contribution in [0.3, 0.4) is 0 Å². The number of hydrogen-bond acceptors (Lipinski definition) is 9. The molecule has 42 heavy (non-hydrogen) atoms. The van der Waals surface area contributed by atoms with Gasteiger partial charge in [0.2, 0.25) is 0 Å². The number of hydrogen-bond donors (Lipinski definition) is 0. The number of carbonyl (C=O) groups is 6. The Balaban J connectivity index is 1.47. The predicted molar refractivity (Wildman–Crippen MR) is 149 cm³/mol. The van der Waals surface area contributed by atoms with E-state index in [0.717, 1.165) is 0 Å². The van der Waals surface area contributed by atoms with Gasteiger partial charge in [0.15, 0.2) is 0 Å². The lowest BCUT2D eigenvalue weighted by molar-refractivity contribution is 0.0471. The number of aldehydes is 3. The molecule has 0 saturated carbocycles. The highest BCUT2D eigenvalue weighted by Crippen LogP contribution is 2.17. The van der Waals surface area contributed by atoms with Gasteiger partial charge < -0.3 is 14.2 Å². The summed E-state index contributed by atoms with van der Waals surface area (Å²) in [5.41, 5.74) is 3.73. The third-order valence-electron chi connectivity index (χ3n) is 6.07. The SMILES string of the molecule is O=Cc1ccc(C(=O)OCc2cc(COC(=O)c3ccc(C=O)cc3)cc(COC(=O)c3ccc(C=O)cc3)c2)cc1. The fraction of sp³-hybridized carbons (Fsp3) is 0.0909. The molecule has 9 nitrogen and oxygen atoms in total. The lowest BCUT2D eigenvalue weighted by atomic mass is 10.1. The first-order valence-electron chi connectivity index (χ1n) is 12.7. The lowest BCUT2D eigenvalue weighted by Gasteiger charge is -2.12. The van der Waals surface area contributed by atoms with Crippen molar-refractivity contribution in [3.63, 3.8) is 0 Å². The maximum Gasteiger partial charge on any atom is 0.338 e. The lowest BCUT2D eigenvalue weighted by Crippen LogP contribution is -2.09. The molecule has 4 aromatic carbocycles. The fourth-order valence-electron chi connectivity index (χ4n) is 3.88. The molecule has 0 N–H and O–H groups in total. The van der Waals surface area contributed by atoms with Gasteiger partial charge >= 0.3 is 17.9 Å². The molecule has 4 rings (SSSR count). The monoisotopic (exact) mass is 564 g/mol. The second kappa shape index (κ2) is 14.1. The van der Waals surface area contributed by atoms with Crippen molar-refractivity contribution in [1.82, 2.24) is 0 Å². The molecule has 0 spiro atoms. The quantitative estimate of drug-likeness (QED) is 0.130. The molecule has 0 unspecified atom stereocenters. The Hall–Kier alpha value is -5.70. The summed E-state index contributed by atoms with van der Waals surface area (Å²) >= 11 is 0. The topological polar surface area (TPSA) is 130 Å². The molecular formula is C33H24O9. The number of rotatable bonds is 12. The van der Waals surface area contributed by atoms with Crippen molar-refractivity contribution in [2.75, 3.05) is 0 Å². The van der Waals surface area contributed by atoms with Crippen molar-refractivity contribution in [3.05, 3.63) is 141 Å². The zero-order valence-electron chi connectivity index (χ0n) is 22.2. The van der Waals surface area contributed by atoms with Crippen LogP contribution in [0.4, 0.5) is 0 Å². The molecule has 0 amide bonds. The predicted octanol–water partition coefficient (Wildman–Crippen LogP) is 5.20. The van der Waals surface area contributed by atoms with Crippen LogP contribution in [-0.4, -0.2) is 36.8 Å². The molecule has 0 bridgehead atoms. The molecule has 0 aliphatic heterocycles. The zero-order chi connectivity index (χ0) is 29.9. The summed E-state index contributed by atoms with van der Waals surface area (Å²) in [4.78, 5) is 70.2. The summed E-state index contributed by atoms with van der Waals surface area (Å²) in [7, 11) is 0. The van der Waals surface area contributed by atoms with Gasteiger partial charge in [-0.15, -0.1) is 0 Å². The van der Waals surface area contributed by atoms with Crippen molar-refractivity contribution in [2.24, 2.45) is 0 Å². The van der Waals surface area contributed by atoms with E-state index in [2.05, 4.69) is 0 Å². The van der Waals surface area contributed by atoms with E-state index >= 15 is 0 Å². The van der Waals surface area contributed by atoms with Crippen LogP contribution < -0.4 is 0 Å². The maximum atomic E-state index is 12.5. The van der Waals surface area contributed by atoms with E-state index < -0.39 is 17.9 Å². The average molecular weight is 565 g/mol. The Labute approximate surface area is 240 Å². The third-order valence-corrected chi connectivity index (χ3v) is 6.07. The van der Waals surface area contributed by atoms with Crippen LogP contribution >= 0.6 is 0 Å². The number of esters is 3. The van der Waals surface area contributed by atoms with E-state index in [4.69, 9.17) is 14.2 Å². The maximum absolute atomic E-state index is 12.5. The minimum atomic E-state index is -0.602. The van der Waals surface area contributed by atoms with Crippen LogP contribution in [0.25, 0.3) is 0 Å².